The van der Waals surface area contributed by atoms with Gasteiger partial charge in [-0.05, 0) is 31.5 Å². The summed E-state index contributed by atoms with van der Waals surface area (Å²) < 4.78 is 0. The highest BCUT2D eigenvalue weighted by Gasteiger charge is 2.02. The van der Waals surface area contributed by atoms with Gasteiger partial charge in [-0.1, -0.05) is 12.1 Å². The van der Waals surface area contributed by atoms with Crippen LogP contribution in [0, 0.1) is 13.8 Å². The van der Waals surface area contributed by atoms with Gasteiger partial charge in [0, 0.05) is 6.54 Å². The molecule has 0 aliphatic carbocycles. The lowest BCUT2D eigenvalue weighted by Crippen LogP contribution is -2.04. The van der Waals surface area contributed by atoms with Gasteiger partial charge in [0.15, 0.2) is 0 Å². The number of hydrogen-bond acceptors (Lipinski definition) is 4. The molecular weight excluding hydrogens is 242 g/mol. The lowest BCUT2D eigenvalue weighted by molar-refractivity contribution is 0.0697. The van der Waals surface area contributed by atoms with Crippen LogP contribution < -0.4 is 5.32 Å². The number of nitrogens with one attached hydrogen (secondary N) is 1. The second-order valence-corrected chi connectivity index (χ2v) is 4.28. The maximum atomic E-state index is 10.7. The number of aryl methyl sites for hydroxylation is 2. The topological polar surface area (TPSA) is 75.1 Å². The van der Waals surface area contributed by atoms with Crippen molar-refractivity contribution in [3.05, 3.63) is 53.0 Å². The fourth-order valence-electron chi connectivity index (χ4n) is 1.58. The number of hydrogen-bond donors (Lipinski definition) is 2. The Labute approximate surface area is 111 Å². The van der Waals surface area contributed by atoms with Crippen molar-refractivity contribution in [3.8, 4) is 0 Å². The lowest BCUT2D eigenvalue weighted by Gasteiger charge is -2.07. The Kier molecular flexibility index (Phi) is 3.75. The first-order chi connectivity index (χ1) is 9.06. The second kappa shape index (κ2) is 5.48. The molecule has 0 spiro atoms. The van der Waals surface area contributed by atoms with E-state index in [2.05, 4.69) is 15.3 Å². The van der Waals surface area contributed by atoms with E-state index in [1.165, 1.54) is 0 Å². The van der Waals surface area contributed by atoms with Crippen molar-refractivity contribution in [2.24, 2.45) is 0 Å². The van der Waals surface area contributed by atoms with E-state index in [1.54, 1.807) is 30.5 Å². The molecule has 0 aliphatic rings. The summed E-state index contributed by atoms with van der Waals surface area (Å²) in [6, 6.07) is 6.74. The molecule has 1 aromatic heterocycles. The average Bonchev–Trinajstić information content (AvgIpc) is 2.40. The smallest absolute Gasteiger partial charge is 0.335 e. The van der Waals surface area contributed by atoms with Crippen LogP contribution in [0.2, 0.25) is 0 Å². The molecule has 2 rings (SSSR count). The van der Waals surface area contributed by atoms with Gasteiger partial charge in [-0.2, -0.15) is 0 Å². The molecule has 98 valence electrons. The predicted octanol–water partition coefficient (Wildman–Crippen LogP) is 2.40. The van der Waals surface area contributed by atoms with Crippen molar-refractivity contribution in [3.63, 3.8) is 0 Å². The minimum Gasteiger partial charge on any atom is -0.478 e. The average molecular weight is 257 g/mol. The number of carbonyl (C=O) groups is 1. The molecule has 5 nitrogen and oxygen atoms in total. The largest absolute Gasteiger partial charge is 0.478 e. The fourth-order valence-corrected chi connectivity index (χ4v) is 1.58. The Morgan fingerprint density at radius 3 is 2.47 bits per heavy atom. The third-order valence-corrected chi connectivity index (χ3v) is 2.87. The van der Waals surface area contributed by atoms with Gasteiger partial charge in [-0.3, -0.25) is 4.98 Å². The number of carboxylic acid groups (broad SMARTS) is 1. The minimum atomic E-state index is -0.917. The Bertz CT molecular complexity index is 594. The molecule has 0 unspecified atom stereocenters. The summed E-state index contributed by atoms with van der Waals surface area (Å²) in [6.07, 6.45) is 1.69. The van der Waals surface area contributed by atoms with Gasteiger partial charge in [0.2, 0.25) is 0 Å². The fraction of sp³-hybridized carbons (Fsp3) is 0.214. The SMILES string of the molecule is Cc1ncc(NCc2ccc(C(=O)O)cc2)nc1C. The third kappa shape index (κ3) is 3.28. The van der Waals surface area contributed by atoms with Gasteiger partial charge in [-0.25, -0.2) is 9.78 Å². The van der Waals surface area contributed by atoms with E-state index in [0.717, 1.165) is 17.0 Å². The van der Waals surface area contributed by atoms with Crippen LogP contribution in [0.25, 0.3) is 0 Å². The number of benzene rings is 1. The van der Waals surface area contributed by atoms with Crippen LogP contribution in [0.1, 0.15) is 27.3 Å². The third-order valence-electron chi connectivity index (χ3n) is 2.87. The molecule has 0 atom stereocenters. The standard InChI is InChI=1S/C14H15N3O2/c1-9-10(2)17-13(8-15-9)16-7-11-3-5-12(6-4-11)14(18)19/h3-6,8H,7H2,1-2H3,(H,16,17)(H,18,19). The van der Waals surface area contributed by atoms with Gasteiger partial charge < -0.3 is 10.4 Å². The first-order valence-corrected chi connectivity index (χ1v) is 5.92. The van der Waals surface area contributed by atoms with E-state index in [4.69, 9.17) is 5.11 Å². The van der Waals surface area contributed by atoms with Crippen LogP contribution in [0.3, 0.4) is 0 Å². The van der Waals surface area contributed by atoms with Gasteiger partial charge in [-0.15, -0.1) is 0 Å². The molecule has 0 bridgehead atoms. The van der Waals surface area contributed by atoms with E-state index in [9.17, 15) is 4.79 Å². The molecule has 2 aromatic rings. The summed E-state index contributed by atoms with van der Waals surface area (Å²) in [5.41, 5.74) is 3.09. The molecule has 0 saturated carbocycles. The summed E-state index contributed by atoms with van der Waals surface area (Å²) in [6.45, 7) is 4.41. The molecule has 5 heteroatoms. The van der Waals surface area contributed by atoms with Gasteiger partial charge in [0.25, 0.3) is 0 Å². The number of aromatic carboxylic acids is 1. The number of aromatic nitrogens is 2. The predicted molar refractivity (Wildman–Crippen MR) is 72.2 cm³/mol. The van der Waals surface area contributed by atoms with Crippen LogP contribution in [0.15, 0.2) is 30.5 Å². The quantitative estimate of drug-likeness (QED) is 0.879. The van der Waals surface area contributed by atoms with E-state index in [0.29, 0.717) is 12.4 Å². The summed E-state index contributed by atoms with van der Waals surface area (Å²) >= 11 is 0. The summed E-state index contributed by atoms with van der Waals surface area (Å²) in [5.74, 6) is -0.204. The van der Waals surface area contributed by atoms with E-state index < -0.39 is 5.97 Å². The van der Waals surface area contributed by atoms with Gasteiger partial charge in [0.05, 0.1) is 23.1 Å². The zero-order chi connectivity index (χ0) is 13.8. The van der Waals surface area contributed by atoms with E-state index in [1.807, 2.05) is 13.8 Å². The van der Waals surface area contributed by atoms with E-state index >= 15 is 0 Å². The molecule has 0 aliphatic heterocycles. The zero-order valence-corrected chi connectivity index (χ0v) is 10.8. The molecule has 1 aromatic carbocycles. The molecule has 1 heterocycles. The maximum Gasteiger partial charge on any atom is 0.335 e. The minimum absolute atomic E-state index is 0.287. The monoisotopic (exact) mass is 257 g/mol. The molecule has 2 N–H and O–H groups in total. The highest BCUT2D eigenvalue weighted by atomic mass is 16.4. The number of carboxylic acids is 1. The summed E-state index contributed by atoms with van der Waals surface area (Å²) in [4.78, 5) is 19.3. The van der Waals surface area contributed by atoms with Crippen molar-refractivity contribution in [2.75, 3.05) is 5.32 Å². The summed E-state index contributed by atoms with van der Waals surface area (Å²) in [7, 11) is 0. The highest BCUT2D eigenvalue weighted by Crippen LogP contribution is 2.09. The number of rotatable bonds is 4. The Hall–Kier alpha value is -2.43. The normalized spacial score (nSPS) is 10.2. The molecule has 19 heavy (non-hydrogen) atoms. The van der Waals surface area contributed by atoms with Crippen molar-refractivity contribution in [2.45, 2.75) is 20.4 Å². The molecule has 0 amide bonds. The Balaban J connectivity index is 2.01. The van der Waals surface area contributed by atoms with Crippen LogP contribution >= 0.6 is 0 Å². The lowest BCUT2D eigenvalue weighted by atomic mass is 10.1. The molecular formula is C14H15N3O2. The van der Waals surface area contributed by atoms with Gasteiger partial charge in [0.1, 0.15) is 5.82 Å². The van der Waals surface area contributed by atoms with Crippen molar-refractivity contribution < 1.29 is 9.90 Å². The Morgan fingerprint density at radius 2 is 1.89 bits per heavy atom. The molecule has 0 radical (unpaired) electrons. The molecule has 0 fully saturated rings. The Morgan fingerprint density at radius 1 is 1.21 bits per heavy atom. The zero-order valence-electron chi connectivity index (χ0n) is 10.8. The van der Waals surface area contributed by atoms with Crippen molar-refractivity contribution >= 4 is 11.8 Å². The first kappa shape index (κ1) is 13.0. The van der Waals surface area contributed by atoms with Crippen LogP contribution in [-0.2, 0) is 6.54 Å². The van der Waals surface area contributed by atoms with Crippen LogP contribution in [0.4, 0.5) is 5.82 Å². The number of anilines is 1. The second-order valence-electron chi connectivity index (χ2n) is 4.28. The van der Waals surface area contributed by atoms with Crippen LogP contribution in [-0.4, -0.2) is 21.0 Å². The van der Waals surface area contributed by atoms with E-state index in [-0.39, 0.29) is 5.56 Å². The maximum absolute atomic E-state index is 10.7. The number of nitrogens with zero attached hydrogens (tertiary/aromatic N) is 2. The highest BCUT2D eigenvalue weighted by molar-refractivity contribution is 5.87. The van der Waals surface area contributed by atoms with Crippen molar-refractivity contribution in [1.82, 2.24) is 9.97 Å². The van der Waals surface area contributed by atoms with Gasteiger partial charge >= 0.3 is 5.97 Å². The molecule has 0 saturated heterocycles. The van der Waals surface area contributed by atoms with Crippen LogP contribution in [0.5, 0.6) is 0 Å². The summed E-state index contributed by atoms with van der Waals surface area (Å²) in [5, 5.41) is 12.0. The first-order valence-electron chi connectivity index (χ1n) is 5.92. The van der Waals surface area contributed by atoms with Crippen molar-refractivity contribution in [1.29, 1.82) is 0 Å².